The van der Waals surface area contributed by atoms with Crippen LogP contribution >= 0.6 is 0 Å². The summed E-state index contributed by atoms with van der Waals surface area (Å²) >= 11 is 0. The highest BCUT2D eigenvalue weighted by atomic mass is 32.2. The highest BCUT2D eigenvalue weighted by Gasteiger charge is 2.24. The van der Waals surface area contributed by atoms with Gasteiger partial charge < -0.3 is 9.80 Å². The molecule has 0 unspecified atom stereocenters. The SMILES string of the molecule is O=C(c1ccc(NS(=O)(=O)c2cccc3cccnc23)cc1)N1CCN(c2cnc(C3CCCCC3)cn2)CC1. The van der Waals surface area contributed by atoms with Gasteiger partial charge in [0.1, 0.15) is 10.7 Å². The number of aromatic nitrogens is 3. The normalized spacial score (nSPS) is 16.7. The molecule has 1 N–H and O–H groups in total. The van der Waals surface area contributed by atoms with Crippen molar-refractivity contribution in [2.75, 3.05) is 35.8 Å². The third kappa shape index (κ3) is 5.49. The lowest BCUT2D eigenvalue weighted by Crippen LogP contribution is -2.49. The molecule has 4 aromatic rings. The Bertz CT molecular complexity index is 1590. The molecule has 1 saturated carbocycles. The van der Waals surface area contributed by atoms with Gasteiger partial charge in [-0.15, -0.1) is 0 Å². The van der Waals surface area contributed by atoms with Crippen molar-refractivity contribution >= 4 is 38.3 Å². The smallest absolute Gasteiger partial charge is 0.264 e. The molecule has 2 aromatic carbocycles. The average Bonchev–Trinajstić information content (AvgIpc) is 3.01. The highest BCUT2D eigenvalue weighted by molar-refractivity contribution is 7.93. The van der Waals surface area contributed by atoms with Crippen molar-refractivity contribution in [3.63, 3.8) is 0 Å². The number of amides is 1. The minimum absolute atomic E-state index is 0.0777. The van der Waals surface area contributed by atoms with Gasteiger partial charge in [0.15, 0.2) is 0 Å². The Balaban J connectivity index is 1.06. The number of anilines is 2. The zero-order valence-electron chi connectivity index (χ0n) is 22.2. The third-order valence-corrected chi connectivity index (χ3v) is 9.25. The number of nitrogens with zero attached hydrogens (tertiary/aromatic N) is 5. The van der Waals surface area contributed by atoms with Gasteiger partial charge in [-0.3, -0.25) is 19.5 Å². The molecule has 0 spiro atoms. The number of piperazine rings is 1. The second kappa shape index (κ2) is 11.2. The Morgan fingerprint density at radius 2 is 1.57 bits per heavy atom. The minimum Gasteiger partial charge on any atom is -0.352 e. The number of nitrogens with one attached hydrogen (secondary N) is 1. The van der Waals surface area contributed by atoms with Gasteiger partial charge in [0.05, 0.1) is 23.6 Å². The van der Waals surface area contributed by atoms with E-state index in [1.165, 1.54) is 38.2 Å². The monoisotopic (exact) mass is 556 g/mol. The Hall–Kier alpha value is -4.05. The van der Waals surface area contributed by atoms with Crippen molar-refractivity contribution in [3.8, 4) is 0 Å². The highest BCUT2D eigenvalue weighted by Crippen LogP contribution is 2.31. The Morgan fingerprint density at radius 3 is 2.30 bits per heavy atom. The number of rotatable bonds is 6. The van der Waals surface area contributed by atoms with E-state index < -0.39 is 10.0 Å². The molecule has 1 saturated heterocycles. The summed E-state index contributed by atoms with van der Waals surface area (Å²) in [6.45, 7) is 2.51. The molecule has 2 fully saturated rings. The Labute approximate surface area is 234 Å². The van der Waals surface area contributed by atoms with Gasteiger partial charge in [0.2, 0.25) is 0 Å². The Morgan fingerprint density at radius 1 is 0.825 bits per heavy atom. The van der Waals surface area contributed by atoms with Gasteiger partial charge >= 0.3 is 0 Å². The lowest BCUT2D eigenvalue weighted by Gasteiger charge is -2.35. The van der Waals surface area contributed by atoms with Crippen LogP contribution in [0.3, 0.4) is 0 Å². The number of hydrogen-bond donors (Lipinski definition) is 1. The zero-order chi connectivity index (χ0) is 27.5. The van der Waals surface area contributed by atoms with Crippen molar-refractivity contribution < 1.29 is 13.2 Å². The summed E-state index contributed by atoms with van der Waals surface area (Å²) in [6, 6.07) is 15.2. The van der Waals surface area contributed by atoms with Crippen LogP contribution in [0.1, 0.15) is 54.1 Å². The average molecular weight is 557 g/mol. The fourth-order valence-electron chi connectivity index (χ4n) is 5.61. The molecule has 40 heavy (non-hydrogen) atoms. The molecule has 6 rings (SSSR count). The summed E-state index contributed by atoms with van der Waals surface area (Å²) in [6.07, 6.45) is 11.6. The van der Waals surface area contributed by atoms with Gasteiger partial charge in [-0.05, 0) is 49.2 Å². The lowest BCUT2D eigenvalue weighted by atomic mass is 9.87. The van der Waals surface area contributed by atoms with Crippen molar-refractivity contribution in [3.05, 3.63) is 84.4 Å². The van der Waals surface area contributed by atoms with Crippen LogP contribution < -0.4 is 9.62 Å². The first-order valence-corrected chi connectivity index (χ1v) is 15.3. The predicted molar refractivity (Wildman–Crippen MR) is 155 cm³/mol. The second-order valence-electron chi connectivity index (χ2n) is 10.4. The maximum Gasteiger partial charge on any atom is 0.264 e. The maximum absolute atomic E-state index is 13.2. The molecule has 206 valence electrons. The number of para-hydroxylation sites is 1. The number of carbonyl (C=O) groups excluding carboxylic acids is 1. The van der Waals surface area contributed by atoms with Crippen molar-refractivity contribution in [1.29, 1.82) is 0 Å². The predicted octanol–water partition coefficient (Wildman–Crippen LogP) is 4.84. The quantitative estimate of drug-likeness (QED) is 0.362. The Kier molecular flexibility index (Phi) is 7.34. The topological polar surface area (TPSA) is 108 Å². The first-order chi connectivity index (χ1) is 19.5. The fraction of sp³-hybridized carbons (Fsp3) is 0.333. The number of fused-ring (bicyclic) bond motifs is 1. The van der Waals surface area contributed by atoms with E-state index in [4.69, 9.17) is 4.98 Å². The largest absolute Gasteiger partial charge is 0.352 e. The second-order valence-corrected chi connectivity index (χ2v) is 12.1. The summed E-state index contributed by atoms with van der Waals surface area (Å²) in [4.78, 5) is 30.9. The molecule has 9 nitrogen and oxygen atoms in total. The summed E-state index contributed by atoms with van der Waals surface area (Å²) in [7, 11) is -3.86. The number of benzene rings is 2. The maximum atomic E-state index is 13.2. The zero-order valence-corrected chi connectivity index (χ0v) is 23.1. The van der Waals surface area contributed by atoms with E-state index in [-0.39, 0.29) is 10.8 Å². The van der Waals surface area contributed by atoms with Gasteiger partial charge in [0, 0.05) is 54.9 Å². The van der Waals surface area contributed by atoms with E-state index in [2.05, 4.69) is 19.6 Å². The number of pyridine rings is 1. The third-order valence-electron chi connectivity index (χ3n) is 7.84. The molecule has 10 heteroatoms. The van der Waals surface area contributed by atoms with Crippen LogP contribution in [0.15, 0.2) is 78.1 Å². The van der Waals surface area contributed by atoms with Crippen LogP contribution in [0.5, 0.6) is 0 Å². The molecular formula is C30H32N6O3S. The summed E-state index contributed by atoms with van der Waals surface area (Å²) < 4.78 is 28.8. The van der Waals surface area contributed by atoms with E-state index in [1.54, 1.807) is 42.6 Å². The van der Waals surface area contributed by atoms with Crippen LogP contribution in [0, 0.1) is 0 Å². The van der Waals surface area contributed by atoms with Gasteiger partial charge in [-0.1, -0.05) is 37.5 Å². The molecular weight excluding hydrogens is 524 g/mol. The number of sulfonamides is 1. The summed E-state index contributed by atoms with van der Waals surface area (Å²) in [5.74, 6) is 1.30. The number of carbonyl (C=O) groups is 1. The van der Waals surface area contributed by atoms with Crippen LogP contribution in [-0.4, -0.2) is 60.4 Å². The first-order valence-electron chi connectivity index (χ1n) is 13.8. The standard InChI is InChI=1S/C30H32N6O3S/c37-30(36-18-16-35(17-19-36)28-21-32-26(20-33-28)22-6-2-1-3-7-22)24-11-13-25(14-12-24)34-40(38,39)27-10-4-8-23-9-5-15-31-29(23)27/h4-5,8-15,20-22,34H,1-3,6-7,16-19H2. The van der Waals surface area contributed by atoms with E-state index in [0.717, 1.165) is 16.9 Å². The summed E-state index contributed by atoms with van der Waals surface area (Å²) in [5.41, 5.74) is 2.40. The molecule has 3 heterocycles. The van der Waals surface area contributed by atoms with Crippen molar-refractivity contribution in [1.82, 2.24) is 19.9 Å². The lowest BCUT2D eigenvalue weighted by molar-refractivity contribution is 0.0746. The van der Waals surface area contributed by atoms with E-state index in [1.807, 2.05) is 29.4 Å². The minimum atomic E-state index is -3.86. The molecule has 0 radical (unpaired) electrons. The van der Waals surface area contributed by atoms with E-state index in [0.29, 0.717) is 48.9 Å². The first kappa shape index (κ1) is 26.2. The van der Waals surface area contributed by atoms with Crippen molar-refractivity contribution in [2.45, 2.75) is 42.9 Å². The molecule has 0 bridgehead atoms. The number of hydrogen-bond acceptors (Lipinski definition) is 7. The van der Waals surface area contributed by atoms with Gasteiger partial charge in [-0.25, -0.2) is 13.4 Å². The molecule has 2 aliphatic rings. The van der Waals surface area contributed by atoms with Crippen LogP contribution in [0.25, 0.3) is 10.9 Å². The molecule has 1 aliphatic carbocycles. The van der Waals surface area contributed by atoms with Crippen LogP contribution in [-0.2, 0) is 10.0 Å². The van der Waals surface area contributed by atoms with E-state index >= 15 is 0 Å². The molecule has 0 atom stereocenters. The molecule has 2 aromatic heterocycles. The fourth-order valence-corrected chi connectivity index (χ4v) is 6.85. The van der Waals surface area contributed by atoms with Crippen molar-refractivity contribution in [2.24, 2.45) is 0 Å². The van der Waals surface area contributed by atoms with Gasteiger partial charge in [-0.2, -0.15) is 0 Å². The van der Waals surface area contributed by atoms with E-state index in [9.17, 15) is 13.2 Å². The van der Waals surface area contributed by atoms with Crippen LogP contribution in [0.2, 0.25) is 0 Å². The van der Waals surface area contributed by atoms with Gasteiger partial charge in [0.25, 0.3) is 15.9 Å². The molecule has 1 amide bonds. The summed E-state index contributed by atoms with van der Waals surface area (Å²) in [5, 5.41) is 0.745. The molecule has 1 aliphatic heterocycles. The van der Waals surface area contributed by atoms with Crippen LogP contribution in [0.4, 0.5) is 11.5 Å².